The predicted molar refractivity (Wildman–Crippen MR) is 91.6 cm³/mol. The zero-order valence-electron chi connectivity index (χ0n) is 13.9. The van der Waals surface area contributed by atoms with Crippen molar-refractivity contribution in [1.29, 1.82) is 0 Å². The highest BCUT2D eigenvalue weighted by molar-refractivity contribution is 5.90. The van der Waals surface area contributed by atoms with E-state index in [-0.39, 0.29) is 6.10 Å². The lowest BCUT2D eigenvalue weighted by Crippen LogP contribution is -2.43. The lowest BCUT2D eigenvalue weighted by Gasteiger charge is -2.45. The summed E-state index contributed by atoms with van der Waals surface area (Å²) < 4.78 is 0. The number of H-pyrrole nitrogens is 1. The minimum atomic E-state index is -0.0629. The molecule has 124 valence electrons. The molecule has 5 nitrogen and oxygen atoms in total. The fourth-order valence-corrected chi connectivity index (χ4v) is 4.44. The molecule has 2 aromatic rings. The van der Waals surface area contributed by atoms with Crippen LogP contribution in [0.15, 0.2) is 12.5 Å². The topological polar surface area (TPSA) is 65.0 Å². The predicted octanol–water partition coefficient (Wildman–Crippen LogP) is 3.04. The molecule has 0 atom stereocenters. The number of aromatic amines is 1. The minimum absolute atomic E-state index is 0.0629. The first-order valence-corrected chi connectivity index (χ1v) is 8.95. The Morgan fingerprint density at radius 3 is 2.65 bits per heavy atom. The summed E-state index contributed by atoms with van der Waals surface area (Å²) in [6.07, 6.45) is 11.4. The van der Waals surface area contributed by atoms with Gasteiger partial charge >= 0.3 is 0 Å². The van der Waals surface area contributed by atoms with Crippen molar-refractivity contribution in [2.45, 2.75) is 58.0 Å². The maximum Gasteiger partial charge on any atom is 0.143 e. The van der Waals surface area contributed by atoms with E-state index in [0.717, 1.165) is 43.8 Å². The molecule has 3 heterocycles. The number of nitrogens with one attached hydrogen (secondary N) is 1. The van der Waals surface area contributed by atoms with Gasteiger partial charge in [0.15, 0.2) is 0 Å². The van der Waals surface area contributed by atoms with E-state index >= 15 is 0 Å². The van der Waals surface area contributed by atoms with E-state index < -0.39 is 0 Å². The SMILES string of the molecule is CCc1c[nH]c2ncnc(N3CCC4(CCC(O)CC4)CC3)c12. The molecule has 0 aromatic carbocycles. The van der Waals surface area contributed by atoms with Crippen molar-refractivity contribution in [3.8, 4) is 0 Å². The van der Waals surface area contributed by atoms with E-state index in [1.807, 2.05) is 0 Å². The summed E-state index contributed by atoms with van der Waals surface area (Å²) in [7, 11) is 0. The number of hydrogen-bond donors (Lipinski definition) is 2. The Morgan fingerprint density at radius 1 is 1.22 bits per heavy atom. The van der Waals surface area contributed by atoms with Gasteiger partial charge in [0.25, 0.3) is 0 Å². The normalized spacial score (nSPS) is 22.1. The Labute approximate surface area is 137 Å². The van der Waals surface area contributed by atoms with E-state index in [1.165, 1.54) is 36.6 Å². The second-order valence-electron chi connectivity index (χ2n) is 7.31. The molecule has 0 unspecified atom stereocenters. The molecule has 2 fully saturated rings. The lowest BCUT2D eigenvalue weighted by molar-refractivity contribution is 0.0478. The van der Waals surface area contributed by atoms with Crippen LogP contribution in [0.2, 0.25) is 0 Å². The zero-order valence-corrected chi connectivity index (χ0v) is 13.9. The van der Waals surface area contributed by atoms with Crippen LogP contribution in [0.25, 0.3) is 11.0 Å². The van der Waals surface area contributed by atoms with Crippen molar-refractivity contribution < 1.29 is 5.11 Å². The molecule has 5 heteroatoms. The molecular formula is C18H26N4O. The van der Waals surface area contributed by atoms with Crippen molar-refractivity contribution in [2.24, 2.45) is 5.41 Å². The van der Waals surface area contributed by atoms with Crippen LogP contribution in [0.3, 0.4) is 0 Å². The average Bonchev–Trinajstić information content (AvgIpc) is 3.02. The lowest BCUT2D eigenvalue weighted by atomic mass is 9.67. The largest absolute Gasteiger partial charge is 0.393 e. The van der Waals surface area contributed by atoms with Crippen LogP contribution in [-0.2, 0) is 6.42 Å². The van der Waals surface area contributed by atoms with Gasteiger partial charge in [0.2, 0.25) is 0 Å². The molecule has 1 spiro atoms. The van der Waals surface area contributed by atoms with Crippen LogP contribution in [0.4, 0.5) is 5.82 Å². The maximum absolute atomic E-state index is 9.77. The molecule has 0 radical (unpaired) electrons. The van der Waals surface area contributed by atoms with Crippen molar-refractivity contribution in [3.05, 3.63) is 18.1 Å². The third-order valence-corrected chi connectivity index (χ3v) is 6.05. The first kappa shape index (κ1) is 14.9. The van der Waals surface area contributed by atoms with E-state index in [1.54, 1.807) is 6.33 Å². The number of hydrogen-bond acceptors (Lipinski definition) is 4. The Balaban J connectivity index is 1.56. The smallest absolute Gasteiger partial charge is 0.143 e. The van der Waals surface area contributed by atoms with Crippen molar-refractivity contribution in [3.63, 3.8) is 0 Å². The standard InChI is InChI=1S/C18H26N4O/c1-2-13-11-19-16-15(13)17(21-12-20-16)22-9-7-18(8-10-22)5-3-14(23)4-6-18/h11-12,14,23H,2-10H2,1H3,(H,19,20,21). The minimum Gasteiger partial charge on any atom is -0.393 e. The van der Waals surface area contributed by atoms with Gasteiger partial charge < -0.3 is 15.0 Å². The summed E-state index contributed by atoms with van der Waals surface area (Å²) in [5.74, 6) is 1.10. The van der Waals surface area contributed by atoms with Gasteiger partial charge in [-0.25, -0.2) is 9.97 Å². The van der Waals surface area contributed by atoms with Gasteiger partial charge in [-0.1, -0.05) is 6.92 Å². The third kappa shape index (κ3) is 2.61. The van der Waals surface area contributed by atoms with Crippen LogP contribution in [0, 0.1) is 5.41 Å². The summed E-state index contributed by atoms with van der Waals surface area (Å²) in [6.45, 7) is 4.31. The van der Waals surface area contributed by atoms with Gasteiger partial charge in [0.05, 0.1) is 11.5 Å². The van der Waals surface area contributed by atoms with Crippen LogP contribution in [0.5, 0.6) is 0 Å². The molecule has 2 aliphatic rings. The maximum atomic E-state index is 9.77. The van der Waals surface area contributed by atoms with Crippen molar-refractivity contribution >= 4 is 16.9 Å². The number of aliphatic hydroxyl groups excluding tert-OH is 1. The molecule has 0 bridgehead atoms. The number of piperidine rings is 1. The van der Waals surface area contributed by atoms with Gasteiger partial charge in [-0.3, -0.25) is 0 Å². The van der Waals surface area contributed by atoms with Gasteiger partial charge in [-0.15, -0.1) is 0 Å². The highest BCUT2D eigenvalue weighted by Gasteiger charge is 2.38. The first-order chi connectivity index (χ1) is 11.2. The average molecular weight is 314 g/mol. The molecule has 23 heavy (non-hydrogen) atoms. The summed E-state index contributed by atoms with van der Waals surface area (Å²) >= 11 is 0. The molecule has 1 aliphatic heterocycles. The fourth-order valence-electron chi connectivity index (χ4n) is 4.44. The molecule has 2 aromatic heterocycles. The second-order valence-corrected chi connectivity index (χ2v) is 7.31. The van der Waals surface area contributed by atoms with Crippen LogP contribution >= 0.6 is 0 Å². The first-order valence-electron chi connectivity index (χ1n) is 8.95. The molecule has 1 saturated carbocycles. The second kappa shape index (κ2) is 5.78. The molecule has 1 saturated heterocycles. The number of rotatable bonds is 2. The van der Waals surface area contributed by atoms with Gasteiger partial charge in [0, 0.05) is 19.3 Å². The number of aromatic nitrogens is 3. The van der Waals surface area contributed by atoms with Gasteiger partial charge in [-0.05, 0) is 55.9 Å². The van der Waals surface area contributed by atoms with Crippen LogP contribution < -0.4 is 4.90 Å². The molecule has 2 N–H and O–H groups in total. The Morgan fingerprint density at radius 2 is 1.96 bits per heavy atom. The van der Waals surface area contributed by atoms with Gasteiger partial charge in [-0.2, -0.15) is 0 Å². The molecule has 0 amide bonds. The number of aliphatic hydroxyl groups is 1. The highest BCUT2D eigenvalue weighted by atomic mass is 16.3. The number of nitrogens with zero attached hydrogens (tertiary/aromatic N) is 3. The fraction of sp³-hybridized carbons (Fsp3) is 0.667. The summed E-state index contributed by atoms with van der Waals surface area (Å²) in [5.41, 5.74) is 2.72. The monoisotopic (exact) mass is 314 g/mol. The van der Waals surface area contributed by atoms with E-state index in [9.17, 15) is 5.11 Å². The highest BCUT2D eigenvalue weighted by Crippen LogP contribution is 2.45. The number of fused-ring (bicyclic) bond motifs is 1. The number of aryl methyl sites for hydroxylation is 1. The van der Waals surface area contributed by atoms with E-state index in [4.69, 9.17) is 0 Å². The van der Waals surface area contributed by atoms with Crippen LogP contribution in [-0.4, -0.2) is 39.3 Å². The van der Waals surface area contributed by atoms with Crippen molar-refractivity contribution in [1.82, 2.24) is 15.0 Å². The van der Waals surface area contributed by atoms with Crippen molar-refractivity contribution in [2.75, 3.05) is 18.0 Å². The Bertz CT molecular complexity index is 677. The Hall–Kier alpha value is -1.62. The zero-order chi connectivity index (χ0) is 15.9. The summed E-state index contributed by atoms with van der Waals surface area (Å²) in [4.78, 5) is 14.7. The molecular weight excluding hydrogens is 288 g/mol. The summed E-state index contributed by atoms with van der Waals surface area (Å²) in [5, 5.41) is 11.0. The van der Waals surface area contributed by atoms with Gasteiger partial charge in [0.1, 0.15) is 17.8 Å². The molecule has 4 rings (SSSR count). The third-order valence-electron chi connectivity index (χ3n) is 6.05. The van der Waals surface area contributed by atoms with E-state index in [2.05, 4.69) is 33.0 Å². The Kier molecular flexibility index (Phi) is 3.76. The van der Waals surface area contributed by atoms with E-state index in [0.29, 0.717) is 5.41 Å². The summed E-state index contributed by atoms with van der Waals surface area (Å²) in [6, 6.07) is 0. The van der Waals surface area contributed by atoms with Crippen LogP contribution in [0.1, 0.15) is 51.0 Å². The molecule has 1 aliphatic carbocycles. The number of anilines is 1. The quantitative estimate of drug-likeness (QED) is 0.894.